The first kappa shape index (κ1) is 16.7. The second kappa shape index (κ2) is 8.68. The van der Waals surface area contributed by atoms with Crippen molar-refractivity contribution in [2.24, 2.45) is 0 Å². The van der Waals surface area contributed by atoms with E-state index in [9.17, 15) is 10.1 Å². The van der Waals surface area contributed by atoms with E-state index in [1.165, 1.54) is 18.7 Å². The molecule has 3 nitrogen and oxygen atoms in total. The summed E-state index contributed by atoms with van der Waals surface area (Å²) >= 11 is 1.17. The highest BCUT2D eigenvalue weighted by molar-refractivity contribution is 8.13. The van der Waals surface area contributed by atoms with Gasteiger partial charge in [0.1, 0.15) is 18.4 Å². The monoisotopic (exact) mass is 321 g/mol. The lowest BCUT2D eigenvalue weighted by atomic mass is 10.1. The molecule has 0 saturated carbocycles. The summed E-state index contributed by atoms with van der Waals surface area (Å²) in [6.45, 7) is 1.91. The highest BCUT2D eigenvalue weighted by Crippen LogP contribution is 2.20. The largest absolute Gasteiger partial charge is 0.487 e. The minimum Gasteiger partial charge on any atom is -0.487 e. The van der Waals surface area contributed by atoms with Gasteiger partial charge in [0.05, 0.1) is 11.3 Å². The Bertz CT molecular complexity index is 782. The molecule has 2 aromatic carbocycles. The maximum absolute atomic E-state index is 10.9. The highest BCUT2D eigenvalue weighted by Gasteiger charge is 2.04. The van der Waals surface area contributed by atoms with Crippen LogP contribution < -0.4 is 4.74 Å². The number of hydrogen-bond acceptors (Lipinski definition) is 4. The summed E-state index contributed by atoms with van der Waals surface area (Å²) in [6, 6.07) is 17.1. The third-order valence-corrected chi connectivity index (χ3v) is 3.61. The van der Waals surface area contributed by atoms with E-state index in [1.807, 2.05) is 30.3 Å². The van der Waals surface area contributed by atoms with Crippen molar-refractivity contribution in [3.8, 4) is 23.7 Å². The molecule has 0 aliphatic carbocycles. The minimum atomic E-state index is 0.0472. The molecule has 0 atom stereocenters. The summed E-state index contributed by atoms with van der Waals surface area (Å²) in [5.41, 5.74) is 2.27. The second-order valence-corrected chi connectivity index (χ2v) is 5.83. The van der Waals surface area contributed by atoms with Gasteiger partial charge < -0.3 is 4.74 Å². The zero-order valence-corrected chi connectivity index (χ0v) is 13.5. The summed E-state index contributed by atoms with van der Waals surface area (Å²) in [5, 5.41) is 9.22. The standard InChI is InChI=1S/C19H15NO2S/c1-15(21)23-11-5-8-16-9-10-18(13-20)19(12-16)22-14-17-6-3-2-4-7-17/h2-4,6-7,9-10,12H,11,14H2,1H3. The normalized spacial score (nSPS) is 9.39. The molecule has 2 aromatic rings. The average Bonchev–Trinajstić information content (AvgIpc) is 2.58. The van der Waals surface area contributed by atoms with Crippen LogP contribution in [-0.2, 0) is 11.4 Å². The third kappa shape index (κ3) is 5.54. The van der Waals surface area contributed by atoms with Crippen molar-refractivity contribution in [1.82, 2.24) is 0 Å². The molecule has 114 valence electrons. The van der Waals surface area contributed by atoms with E-state index in [0.29, 0.717) is 23.7 Å². The van der Waals surface area contributed by atoms with Crippen molar-refractivity contribution in [2.45, 2.75) is 13.5 Å². The number of rotatable bonds is 4. The van der Waals surface area contributed by atoms with Crippen molar-refractivity contribution < 1.29 is 9.53 Å². The van der Waals surface area contributed by atoms with E-state index >= 15 is 0 Å². The van der Waals surface area contributed by atoms with Gasteiger partial charge in [-0.15, -0.1) is 0 Å². The molecule has 0 bridgehead atoms. The molecule has 0 aliphatic heterocycles. The van der Waals surface area contributed by atoms with Crippen molar-refractivity contribution in [2.75, 3.05) is 5.75 Å². The second-order valence-electron chi connectivity index (χ2n) is 4.68. The first-order valence-electron chi connectivity index (χ1n) is 7.02. The Morgan fingerprint density at radius 1 is 1.22 bits per heavy atom. The molecule has 0 saturated heterocycles. The summed E-state index contributed by atoms with van der Waals surface area (Å²) in [4.78, 5) is 10.9. The van der Waals surface area contributed by atoms with E-state index in [-0.39, 0.29) is 5.12 Å². The van der Waals surface area contributed by atoms with Crippen LogP contribution in [0.5, 0.6) is 5.75 Å². The Morgan fingerprint density at radius 2 is 2.00 bits per heavy atom. The van der Waals surface area contributed by atoms with Crippen molar-refractivity contribution >= 4 is 16.9 Å². The molecule has 0 fully saturated rings. The van der Waals surface area contributed by atoms with E-state index in [4.69, 9.17) is 4.74 Å². The van der Waals surface area contributed by atoms with Crippen molar-refractivity contribution in [1.29, 1.82) is 5.26 Å². The molecule has 23 heavy (non-hydrogen) atoms. The van der Waals surface area contributed by atoms with Gasteiger partial charge in [-0.1, -0.05) is 53.9 Å². The molecule has 4 heteroatoms. The van der Waals surface area contributed by atoms with Gasteiger partial charge in [-0.3, -0.25) is 4.79 Å². The summed E-state index contributed by atoms with van der Waals surface area (Å²) < 4.78 is 5.75. The molecule has 0 amide bonds. The maximum Gasteiger partial charge on any atom is 0.186 e. The summed E-state index contributed by atoms with van der Waals surface area (Å²) in [7, 11) is 0. The number of benzene rings is 2. The van der Waals surface area contributed by atoms with Gasteiger partial charge in [0.15, 0.2) is 5.12 Å². The smallest absolute Gasteiger partial charge is 0.186 e. The molecule has 0 unspecified atom stereocenters. The van der Waals surface area contributed by atoms with Gasteiger partial charge in [0.25, 0.3) is 0 Å². The lowest BCUT2D eigenvalue weighted by Crippen LogP contribution is -1.97. The van der Waals surface area contributed by atoms with Gasteiger partial charge in [0, 0.05) is 12.5 Å². The van der Waals surface area contributed by atoms with Gasteiger partial charge in [0.2, 0.25) is 0 Å². The number of nitriles is 1. The molecule has 0 aliphatic rings. The van der Waals surface area contributed by atoms with Crippen LogP contribution in [0.4, 0.5) is 0 Å². The summed E-state index contributed by atoms with van der Waals surface area (Å²) in [5.74, 6) is 6.87. The highest BCUT2D eigenvalue weighted by atomic mass is 32.2. The maximum atomic E-state index is 10.9. The molecular weight excluding hydrogens is 306 g/mol. The van der Waals surface area contributed by atoms with Crippen LogP contribution in [0.15, 0.2) is 48.5 Å². The van der Waals surface area contributed by atoms with Gasteiger partial charge in [-0.25, -0.2) is 0 Å². The van der Waals surface area contributed by atoms with E-state index < -0.39 is 0 Å². The zero-order chi connectivity index (χ0) is 16.5. The Labute approximate surface area is 140 Å². The van der Waals surface area contributed by atoms with E-state index in [1.54, 1.807) is 18.2 Å². The van der Waals surface area contributed by atoms with Crippen LogP contribution in [0.3, 0.4) is 0 Å². The molecule has 0 spiro atoms. The SMILES string of the molecule is CC(=O)SCC#Cc1ccc(C#N)c(OCc2ccccc2)c1. The Kier molecular flexibility index (Phi) is 6.29. The molecule has 0 N–H and O–H groups in total. The van der Waals surface area contributed by atoms with Crippen LogP contribution in [-0.4, -0.2) is 10.9 Å². The van der Waals surface area contributed by atoms with Crippen molar-refractivity contribution in [3.63, 3.8) is 0 Å². The number of carbonyl (C=O) groups excluding carboxylic acids is 1. The fourth-order valence-electron chi connectivity index (χ4n) is 1.82. The lowest BCUT2D eigenvalue weighted by Gasteiger charge is -2.08. The topological polar surface area (TPSA) is 50.1 Å². The zero-order valence-electron chi connectivity index (χ0n) is 12.7. The number of nitrogens with zero attached hydrogens (tertiary/aromatic N) is 1. The Hall–Kier alpha value is -2.69. The average molecular weight is 321 g/mol. The fourth-order valence-corrected chi connectivity index (χ4v) is 2.17. The van der Waals surface area contributed by atoms with Crippen LogP contribution in [0.2, 0.25) is 0 Å². The van der Waals surface area contributed by atoms with E-state index in [2.05, 4.69) is 17.9 Å². The Morgan fingerprint density at radius 3 is 2.70 bits per heavy atom. The molecule has 2 rings (SSSR count). The molecule has 0 radical (unpaired) electrons. The van der Waals surface area contributed by atoms with Gasteiger partial charge >= 0.3 is 0 Å². The number of ether oxygens (including phenoxy) is 1. The Balaban J connectivity index is 2.09. The van der Waals surface area contributed by atoms with Gasteiger partial charge in [-0.05, 0) is 23.8 Å². The summed E-state index contributed by atoms with van der Waals surface area (Å²) in [6.07, 6.45) is 0. The van der Waals surface area contributed by atoms with Crippen LogP contribution in [0.1, 0.15) is 23.6 Å². The fraction of sp³-hybridized carbons (Fsp3) is 0.158. The molecular formula is C19H15NO2S. The lowest BCUT2D eigenvalue weighted by molar-refractivity contribution is -0.109. The first-order chi connectivity index (χ1) is 11.2. The first-order valence-corrected chi connectivity index (χ1v) is 8.00. The predicted molar refractivity (Wildman–Crippen MR) is 91.9 cm³/mol. The molecule has 0 aromatic heterocycles. The van der Waals surface area contributed by atoms with Crippen LogP contribution >= 0.6 is 11.8 Å². The van der Waals surface area contributed by atoms with E-state index in [0.717, 1.165) is 11.1 Å². The van der Waals surface area contributed by atoms with Gasteiger partial charge in [-0.2, -0.15) is 5.26 Å². The van der Waals surface area contributed by atoms with Crippen LogP contribution in [0.25, 0.3) is 0 Å². The predicted octanol–water partition coefficient (Wildman–Crippen LogP) is 3.77. The quantitative estimate of drug-likeness (QED) is 0.804. The van der Waals surface area contributed by atoms with Crippen molar-refractivity contribution in [3.05, 3.63) is 65.2 Å². The minimum absolute atomic E-state index is 0.0472. The number of carbonyl (C=O) groups is 1. The van der Waals surface area contributed by atoms with Crippen LogP contribution in [0, 0.1) is 23.2 Å². The number of hydrogen-bond donors (Lipinski definition) is 0. The molecule has 0 heterocycles. The number of thioether (sulfide) groups is 1. The third-order valence-electron chi connectivity index (χ3n) is 2.92.